The van der Waals surface area contributed by atoms with Crippen molar-refractivity contribution < 1.29 is 14.6 Å². The Morgan fingerprint density at radius 2 is 1.42 bits per heavy atom. The zero-order chi connectivity index (χ0) is 13.7. The van der Waals surface area contributed by atoms with E-state index in [1.165, 1.54) is 7.11 Å². The smallest absolute Gasteiger partial charge is 0.198 e. The number of hydrogen-bond donors (Lipinski definition) is 1. The molecule has 19 heavy (non-hydrogen) atoms. The molecule has 0 bridgehead atoms. The maximum atomic E-state index is 12.3. The van der Waals surface area contributed by atoms with E-state index in [1.807, 2.05) is 36.4 Å². The molecule has 0 saturated heterocycles. The van der Waals surface area contributed by atoms with Crippen molar-refractivity contribution in [1.82, 2.24) is 0 Å². The predicted molar refractivity (Wildman–Crippen MR) is 72.6 cm³/mol. The maximum absolute atomic E-state index is 12.3. The number of carbonyl (C=O) groups is 1. The average molecular weight is 256 g/mol. The summed E-state index contributed by atoms with van der Waals surface area (Å²) >= 11 is 0. The van der Waals surface area contributed by atoms with Gasteiger partial charge in [0.15, 0.2) is 5.78 Å². The standard InChI is InChI=1S/C16H16O3/c1-19-16(13-10-6-3-7-11-13)15(18)14(17)12-8-4-2-5-9-12/h2-11,14,16-17H,1H3/t14-,16+/m1/s1. The molecule has 0 saturated carbocycles. The van der Waals surface area contributed by atoms with Gasteiger partial charge in [-0.1, -0.05) is 60.7 Å². The summed E-state index contributed by atoms with van der Waals surface area (Å²) < 4.78 is 5.23. The van der Waals surface area contributed by atoms with Crippen LogP contribution in [0.15, 0.2) is 60.7 Å². The lowest BCUT2D eigenvalue weighted by atomic mass is 9.97. The second-order valence-corrected chi connectivity index (χ2v) is 4.24. The molecular weight excluding hydrogens is 240 g/mol. The number of rotatable bonds is 5. The summed E-state index contributed by atoms with van der Waals surface area (Å²) in [5, 5.41) is 10.1. The molecule has 0 amide bonds. The third-order valence-electron chi connectivity index (χ3n) is 2.98. The summed E-state index contributed by atoms with van der Waals surface area (Å²) in [7, 11) is 1.47. The minimum absolute atomic E-state index is 0.361. The quantitative estimate of drug-likeness (QED) is 0.894. The Hall–Kier alpha value is -1.97. The van der Waals surface area contributed by atoms with Crippen molar-refractivity contribution in [3.8, 4) is 0 Å². The minimum Gasteiger partial charge on any atom is -0.380 e. The number of benzene rings is 2. The molecule has 0 aliphatic rings. The van der Waals surface area contributed by atoms with Crippen molar-refractivity contribution in [2.24, 2.45) is 0 Å². The van der Waals surface area contributed by atoms with Crippen LogP contribution in [0, 0.1) is 0 Å². The highest BCUT2D eigenvalue weighted by Gasteiger charge is 2.27. The van der Waals surface area contributed by atoms with Crippen LogP contribution in [0.2, 0.25) is 0 Å². The molecule has 0 aliphatic heterocycles. The highest BCUT2D eigenvalue weighted by atomic mass is 16.5. The number of ketones is 1. The largest absolute Gasteiger partial charge is 0.380 e. The summed E-state index contributed by atoms with van der Waals surface area (Å²) in [6.45, 7) is 0. The first kappa shape index (κ1) is 13.5. The Balaban J connectivity index is 2.22. The van der Waals surface area contributed by atoms with Crippen molar-refractivity contribution in [2.75, 3.05) is 7.11 Å². The first-order valence-corrected chi connectivity index (χ1v) is 6.08. The Labute approximate surface area is 112 Å². The second kappa shape index (κ2) is 6.27. The number of aliphatic hydroxyl groups excluding tert-OH is 1. The lowest BCUT2D eigenvalue weighted by molar-refractivity contribution is -0.138. The lowest BCUT2D eigenvalue weighted by Crippen LogP contribution is -2.22. The molecule has 2 atom stereocenters. The summed E-state index contributed by atoms with van der Waals surface area (Å²) in [4.78, 5) is 12.3. The molecule has 0 aromatic heterocycles. The molecule has 0 aliphatic carbocycles. The van der Waals surface area contributed by atoms with Gasteiger partial charge in [0.25, 0.3) is 0 Å². The van der Waals surface area contributed by atoms with E-state index in [9.17, 15) is 9.90 Å². The van der Waals surface area contributed by atoms with Crippen molar-refractivity contribution in [1.29, 1.82) is 0 Å². The van der Waals surface area contributed by atoms with Crippen molar-refractivity contribution in [3.05, 3.63) is 71.8 Å². The van der Waals surface area contributed by atoms with Crippen LogP contribution in [0.3, 0.4) is 0 Å². The molecule has 0 radical (unpaired) electrons. The number of aliphatic hydroxyl groups is 1. The van der Waals surface area contributed by atoms with E-state index < -0.39 is 12.2 Å². The van der Waals surface area contributed by atoms with E-state index in [2.05, 4.69) is 0 Å². The minimum atomic E-state index is -1.17. The van der Waals surface area contributed by atoms with Gasteiger partial charge in [0.2, 0.25) is 0 Å². The van der Waals surface area contributed by atoms with Crippen LogP contribution < -0.4 is 0 Å². The molecule has 0 spiro atoms. The molecule has 2 aromatic carbocycles. The van der Waals surface area contributed by atoms with Gasteiger partial charge < -0.3 is 9.84 Å². The fourth-order valence-corrected chi connectivity index (χ4v) is 1.99. The lowest BCUT2D eigenvalue weighted by Gasteiger charge is -2.18. The van der Waals surface area contributed by atoms with Gasteiger partial charge in [-0.2, -0.15) is 0 Å². The van der Waals surface area contributed by atoms with Crippen LogP contribution in [0.4, 0.5) is 0 Å². The fraction of sp³-hybridized carbons (Fsp3) is 0.188. The third-order valence-corrected chi connectivity index (χ3v) is 2.98. The number of carbonyl (C=O) groups excluding carboxylic acids is 1. The Morgan fingerprint density at radius 1 is 0.947 bits per heavy atom. The average Bonchev–Trinajstić information content (AvgIpc) is 2.49. The van der Waals surface area contributed by atoms with Gasteiger partial charge >= 0.3 is 0 Å². The van der Waals surface area contributed by atoms with E-state index in [4.69, 9.17) is 4.74 Å². The molecule has 0 heterocycles. The topological polar surface area (TPSA) is 46.5 Å². The zero-order valence-corrected chi connectivity index (χ0v) is 10.7. The monoisotopic (exact) mass is 256 g/mol. The van der Waals surface area contributed by atoms with Crippen molar-refractivity contribution in [2.45, 2.75) is 12.2 Å². The number of Topliss-reactive ketones (excluding diaryl/α,β-unsaturated/α-hetero) is 1. The third kappa shape index (κ3) is 3.08. The van der Waals surface area contributed by atoms with E-state index in [0.717, 1.165) is 5.56 Å². The zero-order valence-electron chi connectivity index (χ0n) is 10.7. The number of ether oxygens (including phenoxy) is 1. The van der Waals surface area contributed by atoms with Gasteiger partial charge in [-0.15, -0.1) is 0 Å². The normalized spacial score (nSPS) is 13.8. The van der Waals surface area contributed by atoms with Crippen LogP contribution >= 0.6 is 0 Å². The predicted octanol–water partition coefficient (Wildman–Crippen LogP) is 2.68. The molecule has 0 fully saturated rings. The van der Waals surface area contributed by atoms with Gasteiger partial charge in [0.1, 0.15) is 12.2 Å². The molecule has 3 nitrogen and oxygen atoms in total. The summed E-state index contributed by atoms with van der Waals surface area (Å²) in [6, 6.07) is 18.0. The fourth-order valence-electron chi connectivity index (χ4n) is 1.99. The van der Waals surface area contributed by atoms with E-state index in [-0.39, 0.29) is 5.78 Å². The van der Waals surface area contributed by atoms with Gasteiger partial charge in [-0.05, 0) is 11.1 Å². The first-order chi connectivity index (χ1) is 9.24. The van der Waals surface area contributed by atoms with Crippen LogP contribution in [0.25, 0.3) is 0 Å². The summed E-state index contributed by atoms with van der Waals surface area (Å²) in [5.41, 5.74) is 1.32. The molecule has 1 N–H and O–H groups in total. The molecule has 0 unspecified atom stereocenters. The van der Waals surface area contributed by atoms with Crippen molar-refractivity contribution >= 4 is 5.78 Å². The van der Waals surface area contributed by atoms with Gasteiger partial charge in [0.05, 0.1) is 0 Å². The maximum Gasteiger partial charge on any atom is 0.198 e. The van der Waals surface area contributed by atoms with Crippen LogP contribution in [-0.4, -0.2) is 18.0 Å². The molecule has 2 rings (SSSR count). The SMILES string of the molecule is CO[C@H](C(=O)[C@H](O)c1ccccc1)c1ccccc1. The Bertz CT molecular complexity index is 522. The van der Waals surface area contributed by atoms with Crippen molar-refractivity contribution in [3.63, 3.8) is 0 Å². The van der Waals surface area contributed by atoms with E-state index in [1.54, 1.807) is 24.3 Å². The molecule has 3 heteroatoms. The molecular formula is C16H16O3. The van der Waals surface area contributed by atoms with Gasteiger partial charge in [-0.3, -0.25) is 4.79 Å². The number of methoxy groups -OCH3 is 1. The van der Waals surface area contributed by atoms with Crippen LogP contribution in [0.5, 0.6) is 0 Å². The number of hydrogen-bond acceptors (Lipinski definition) is 3. The Kier molecular flexibility index (Phi) is 4.44. The second-order valence-electron chi connectivity index (χ2n) is 4.24. The van der Waals surface area contributed by atoms with Gasteiger partial charge in [-0.25, -0.2) is 0 Å². The summed E-state index contributed by atoms with van der Waals surface area (Å²) in [6.07, 6.45) is -1.93. The van der Waals surface area contributed by atoms with E-state index in [0.29, 0.717) is 5.56 Å². The van der Waals surface area contributed by atoms with Crippen LogP contribution in [-0.2, 0) is 9.53 Å². The summed E-state index contributed by atoms with van der Waals surface area (Å²) in [5.74, 6) is -0.361. The highest BCUT2D eigenvalue weighted by Crippen LogP contribution is 2.25. The highest BCUT2D eigenvalue weighted by molar-refractivity contribution is 5.89. The Morgan fingerprint density at radius 3 is 1.89 bits per heavy atom. The van der Waals surface area contributed by atoms with E-state index >= 15 is 0 Å². The first-order valence-electron chi connectivity index (χ1n) is 6.08. The molecule has 98 valence electrons. The molecule has 2 aromatic rings. The van der Waals surface area contributed by atoms with Crippen LogP contribution in [0.1, 0.15) is 23.3 Å². The van der Waals surface area contributed by atoms with Gasteiger partial charge in [0, 0.05) is 7.11 Å².